The summed E-state index contributed by atoms with van der Waals surface area (Å²) in [6.45, 7) is 2.98. The van der Waals surface area contributed by atoms with Crippen LogP contribution in [0.15, 0.2) is 60.8 Å². The van der Waals surface area contributed by atoms with Crippen LogP contribution in [-0.4, -0.2) is 39.4 Å². The van der Waals surface area contributed by atoms with Gasteiger partial charge in [-0.2, -0.15) is 0 Å². The van der Waals surface area contributed by atoms with Gasteiger partial charge in [-0.25, -0.2) is 4.98 Å². The first-order valence-corrected chi connectivity index (χ1v) is 11.5. The molecule has 1 aliphatic heterocycles. The van der Waals surface area contributed by atoms with E-state index in [1.165, 1.54) is 11.3 Å². The predicted octanol–water partition coefficient (Wildman–Crippen LogP) is 4.89. The molecule has 0 bridgehead atoms. The molecule has 0 aliphatic carbocycles. The normalized spacial score (nSPS) is 15.9. The van der Waals surface area contributed by atoms with Gasteiger partial charge in [0.2, 0.25) is 11.9 Å². The summed E-state index contributed by atoms with van der Waals surface area (Å²) in [5, 5.41) is 4.12. The van der Waals surface area contributed by atoms with Crippen molar-refractivity contribution in [2.45, 2.75) is 19.3 Å². The molecule has 0 saturated carbocycles. The minimum absolute atomic E-state index is 0.0829. The average Bonchev–Trinajstić information content (AvgIpc) is 3.51. The Morgan fingerprint density at radius 2 is 1.84 bits per heavy atom. The molecule has 1 aliphatic rings. The number of carbonyl (C=O) groups excluding carboxylic acids is 2. The molecule has 1 atom stereocenters. The predicted molar refractivity (Wildman–Crippen MR) is 128 cm³/mol. The van der Waals surface area contributed by atoms with Gasteiger partial charge in [-0.15, -0.1) is 11.3 Å². The Morgan fingerprint density at radius 1 is 1.09 bits per heavy atom. The topological polar surface area (TPSA) is 67.2 Å². The molecule has 2 aromatic carbocycles. The summed E-state index contributed by atoms with van der Waals surface area (Å²) >= 11 is 1.50. The van der Waals surface area contributed by atoms with E-state index in [0.717, 1.165) is 39.9 Å². The van der Waals surface area contributed by atoms with Crippen molar-refractivity contribution in [1.29, 1.82) is 0 Å². The highest BCUT2D eigenvalue weighted by Crippen LogP contribution is 2.40. The molecule has 3 heterocycles. The molecule has 7 heteroatoms. The van der Waals surface area contributed by atoms with Gasteiger partial charge >= 0.3 is 0 Å². The van der Waals surface area contributed by atoms with Crippen LogP contribution in [0.1, 0.15) is 34.5 Å². The molecular formula is C25H24N4O2S. The largest absolute Gasteiger partial charge is 0.342 e. The fourth-order valence-corrected chi connectivity index (χ4v) is 5.67. The molecule has 1 fully saturated rings. The van der Waals surface area contributed by atoms with Crippen molar-refractivity contribution in [3.63, 3.8) is 0 Å². The zero-order valence-electron chi connectivity index (χ0n) is 18.0. The number of likely N-dealkylation sites (tertiary alicyclic amines) is 1. The zero-order valence-corrected chi connectivity index (χ0v) is 18.9. The number of fused-ring (bicyclic) bond motifs is 1. The molecule has 1 saturated heterocycles. The number of nitrogens with zero attached hydrogens (tertiary/aromatic N) is 3. The van der Waals surface area contributed by atoms with Crippen LogP contribution in [0, 0.1) is 0 Å². The number of aromatic nitrogens is 2. The molecule has 162 valence electrons. The van der Waals surface area contributed by atoms with Crippen molar-refractivity contribution < 1.29 is 9.59 Å². The molecule has 5 rings (SSSR count). The Kier molecular flexibility index (Phi) is 5.27. The number of nitrogens with one attached hydrogen (secondary N) is 1. The number of rotatable bonds is 4. The van der Waals surface area contributed by atoms with Crippen LogP contribution in [0.2, 0.25) is 0 Å². The third-order valence-electron chi connectivity index (χ3n) is 6.17. The van der Waals surface area contributed by atoms with Gasteiger partial charge in [0.15, 0.2) is 0 Å². The van der Waals surface area contributed by atoms with E-state index >= 15 is 0 Å². The number of hydrogen-bond donors (Lipinski definition) is 1. The van der Waals surface area contributed by atoms with E-state index in [9.17, 15) is 9.59 Å². The number of anilines is 1. The third-order valence-corrected chi connectivity index (χ3v) is 7.35. The Bertz CT molecular complexity index is 1310. The number of hydrogen-bond acceptors (Lipinski definition) is 4. The summed E-state index contributed by atoms with van der Waals surface area (Å²) in [6.07, 6.45) is 2.64. The highest BCUT2D eigenvalue weighted by molar-refractivity contribution is 7.21. The monoisotopic (exact) mass is 444 g/mol. The molecular weight excluding hydrogens is 420 g/mol. The van der Waals surface area contributed by atoms with Gasteiger partial charge in [0.1, 0.15) is 0 Å². The molecule has 1 N–H and O–H groups in total. The quantitative estimate of drug-likeness (QED) is 0.487. The summed E-state index contributed by atoms with van der Waals surface area (Å²) < 4.78 is 2.98. The van der Waals surface area contributed by atoms with Gasteiger partial charge < -0.3 is 9.47 Å². The minimum atomic E-state index is -0.157. The van der Waals surface area contributed by atoms with E-state index in [4.69, 9.17) is 0 Å². The maximum Gasteiger partial charge on any atom is 0.268 e. The van der Waals surface area contributed by atoms with Crippen LogP contribution in [0.5, 0.6) is 0 Å². The van der Waals surface area contributed by atoms with Crippen LogP contribution >= 0.6 is 11.3 Å². The second-order valence-electron chi connectivity index (χ2n) is 8.14. The van der Waals surface area contributed by atoms with E-state index in [-0.39, 0.29) is 17.7 Å². The van der Waals surface area contributed by atoms with Crippen LogP contribution < -0.4 is 5.32 Å². The first-order chi connectivity index (χ1) is 15.5. The molecule has 0 radical (unpaired) electrons. The fraction of sp³-hybridized carbons (Fsp3) is 0.240. The summed E-state index contributed by atoms with van der Waals surface area (Å²) in [6, 6.07) is 18.1. The first-order valence-electron chi connectivity index (χ1n) is 10.7. The Balaban J connectivity index is 1.48. The van der Waals surface area contributed by atoms with Crippen molar-refractivity contribution in [2.75, 3.05) is 18.4 Å². The standard InChI is InChI=1S/C25H24N4O2S/c1-16(30)29-13-12-18(15-29)22-19-10-6-7-11-21(19)32-23(22)24(31)27-25-26-14-20(28(25)2)17-8-4-3-5-9-17/h3-11,14,18H,12-13,15H2,1-2H3,(H,26,27,31)/t18-/m1/s1. The summed E-state index contributed by atoms with van der Waals surface area (Å²) in [7, 11) is 1.90. The van der Waals surface area contributed by atoms with Gasteiger partial charge in [0.25, 0.3) is 5.91 Å². The lowest BCUT2D eigenvalue weighted by Gasteiger charge is -2.15. The molecule has 4 aromatic rings. The highest BCUT2D eigenvalue weighted by atomic mass is 32.1. The Morgan fingerprint density at radius 3 is 2.59 bits per heavy atom. The maximum absolute atomic E-state index is 13.4. The summed E-state index contributed by atoms with van der Waals surface area (Å²) in [5.74, 6) is 0.585. The SMILES string of the molecule is CC(=O)N1CC[C@@H](c2c(C(=O)Nc3ncc(-c4ccccc4)n3C)sc3ccccc23)C1. The maximum atomic E-state index is 13.4. The van der Waals surface area contributed by atoms with Gasteiger partial charge in [-0.05, 0) is 29.0 Å². The molecule has 32 heavy (non-hydrogen) atoms. The lowest BCUT2D eigenvalue weighted by molar-refractivity contribution is -0.127. The first kappa shape index (κ1) is 20.5. The lowest BCUT2D eigenvalue weighted by Crippen LogP contribution is -2.25. The van der Waals surface area contributed by atoms with Crippen LogP contribution in [0.4, 0.5) is 5.95 Å². The number of carbonyl (C=O) groups is 2. The van der Waals surface area contributed by atoms with Crippen molar-refractivity contribution >= 4 is 39.2 Å². The summed E-state index contributed by atoms with van der Waals surface area (Å²) in [5.41, 5.74) is 3.02. The van der Waals surface area contributed by atoms with Gasteiger partial charge in [0, 0.05) is 37.7 Å². The van der Waals surface area contributed by atoms with Crippen molar-refractivity contribution in [2.24, 2.45) is 7.05 Å². The number of imidazole rings is 1. The van der Waals surface area contributed by atoms with Crippen molar-refractivity contribution in [1.82, 2.24) is 14.5 Å². The lowest BCUT2D eigenvalue weighted by atomic mass is 9.95. The van der Waals surface area contributed by atoms with Gasteiger partial charge in [-0.1, -0.05) is 48.5 Å². The summed E-state index contributed by atoms with van der Waals surface area (Å²) in [4.78, 5) is 32.3. The molecule has 0 spiro atoms. The number of thiophene rings is 1. The van der Waals surface area contributed by atoms with E-state index in [1.54, 1.807) is 13.1 Å². The minimum Gasteiger partial charge on any atom is -0.342 e. The van der Waals surface area contributed by atoms with Crippen LogP contribution in [0.3, 0.4) is 0 Å². The number of benzene rings is 2. The van der Waals surface area contributed by atoms with E-state index in [1.807, 2.05) is 65.0 Å². The van der Waals surface area contributed by atoms with Crippen LogP contribution in [-0.2, 0) is 11.8 Å². The van der Waals surface area contributed by atoms with Crippen molar-refractivity contribution in [3.05, 3.63) is 71.2 Å². The van der Waals surface area contributed by atoms with Gasteiger partial charge in [-0.3, -0.25) is 14.9 Å². The Labute approximate surface area is 190 Å². The fourth-order valence-electron chi connectivity index (χ4n) is 4.48. The van der Waals surface area contributed by atoms with Gasteiger partial charge in [0.05, 0.1) is 16.8 Å². The number of amides is 2. The van der Waals surface area contributed by atoms with E-state index in [0.29, 0.717) is 17.4 Å². The third kappa shape index (κ3) is 3.58. The van der Waals surface area contributed by atoms with E-state index in [2.05, 4.69) is 16.4 Å². The average molecular weight is 445 g/mol. The highest BCUT2D eigenvalue weighted by Gasteiger charge is 2.31. The molecule has 2 amide bonds. The van der Waals surface area contributed by atoms with E-state index < -0.39 is 0 Å². The molecule has 2 aromatic heterocycles. The van der Waals surface area contributed by atoms with Crippen molar-refractivity contribution in [3.8, 4) is 11.3 Å². The van der Waals surface area contributed by atoms with Crippen LogP contribution in [0.25, 0.3) is 21.3 Å². The zero-order chi connectivity index (χ0) is 22.2. The second-order valence-corrected chi connectivity index (χ2v) is 9.19. The second kappa shape index (κ2) is 8.24. The molecule has 0 unspecified atom stereocenters. The smallest absolute Gasteiger partial charge is 0.268 e. The molecule has 6 nitrogen and oxygen atoms in total. The Hall–Kier alpha value is -3.45.